The van der Waals surface area contributed by atoms with Crippen LogP contribution in [0, 0.1) is 0 Å². The number of nitrogens with zero attached hydrogens (tertiary/aromatic N) is 1. The van der Waals surface area contributed by atoms with Gasteiger partial charge in [-0.15, -0.1) is 0 Å². The second-order valence-corrected chi connectivity index (χ2v) is 7.39. The number of carbonyl (C=O) groups excluding carboxylic acids is 3. The molecular weight excluding hydrogens is 494 g/mol. The summed E-state index contributed by atoms with van der Waals surface area (Å²) in [5, 5.41) is 0. The lowest BCUT2D eigenvalue weighted by atomic mass is 10.5. The molecular formula is C24H41NO12. The van der Waals surface area contributed by atoms with E-state index in [4.69, 9.17) is 37.9 Å². The van der Waals surface area contributed by atoms with Crippen LogP contribution in [0.2, 0.25) is 0 Å². The molecule has 0 atom stereocenters. The molecule has 0 spiro atoms. The summed E-state index contributed by atoms with van der Waals surface area (Å²) < 4.78 is 47.4. The largest absolute Gasteiger partial charge is 0.469 e. The summed E-state index contributed by atoms with van der Waals surface area (Å²) in [7, 11) is 1.35. The van der Waals surface area contributed by atoms with Crippen molar-refractivity contribution in [3.05, 3.63) is 12.2 Å². The molecule has 13 nitrogen and oxygen atoms in total. The molecule has 0 unspecified atom stereocenters. The van der Waals surface area contributed by atoms with Gasteiger partial charge in [0.2, 0.25) is 0 Å². The van der Waals surface area contributed by atoms with E-state index in [0.29, 0.717) is 99.1 Å². The summed E-state index contributed by atoms with van der Waals surface area (Å²) in [6, 6.07) is 0. The highest BCUT2D eigenvalue weighted by molar-refractivity contribution is 6.12. The van der Waals surface area contributed by atoms with Crippen LogP contribution in [0.3, 0.4) is 0 Å². The molecule has 0 saturated heterocycles. The lowest BCUT2D eigenvalue weighted by molar-refractivity contribution is -0.142. The Kier molecular flexibility index (Phi) is 21.8. The molecule has 1 heterocycles. The van der Waals surface area contributed by atoms with Crippen molar-refractivity contribution in [2.45, 2.75) is 6.42 Å². The highest BCUT2D eigenvalue weighted by atomic mass is 16.6. The fraction of sp³-hybridized carbons (Fsp3) is 0.792. The Bertz CT molecular complexity index is 613. The van der Waals surface area contributed by atoms with Gasteiger partial charge < -0.3 is 42.6 Å². The van der Waals surface area contributed by atoms with E-state index in [0.717, 1.165) is 4.90 Å². The topological polar surface area (TPSA) is 138 Å². The molecule has 0 aromatic carbocycles. The van der Waals surface area contributed by atoms with E-state index in [1.54, 1.807) is 0 Å². The summed E-state index contributed by atoms with van der Waals surface area (Å²) in [6.45, 7) is 7.14. The monoisotopic (exact) mass is 535 g/mol. The maximum Gasteiger partial charge on any atom is 0.307 e. The molecule has 0 N–H and O–H groups in total. The average Bonchev–Trinajstić information content (AvgIpc) is 3.22. The minimum atomic E-state index is -0.309. The van der Waals surface area contributed by atoms with Gasteiger partial charge in [0.25, 0.3) is 11.8 Å². The van der Waals surface area contributed by atoms with Crippen molar-refractivity contribution >= 4 is 17.8 Å². The van der Waals surface area contributed by atoms with Crippen molar-refractivity contribution in [1.29, 1.82) is 0 Å². The molecule has 1 aliphatic rings. The van der Waals surface area contributed by atoms with Gasteiger partial charge in [-0.05, 0) is 0 Å². The van der Waals surface area contributed by atoms with Gasteiger partial charge in [-0.3, -0.25) is 19.3 Å². The summed E-state index contributed by atoms with van der Waals surface area (Å²) >= 11 is 0. The molecule has 0 radical (unpaired) electrons. The maximum atomic E-state index is 11.4. The SMILES string of the molecule is COC(=O)CCOCCOCCOCCOCCOCCOCCOCCOCCN1C(=O)C=CC1=O. The number of carbonyl (C=O) groups is 3. The first-order chi connectivity index (χ1) is 18.1. The van der Waals surface area contributed by atoms with Crippen molar-refractivity contribution in [3.8, 4) is 0 Å². The third-order valence-electron chi connectivity index (χ3n) is 4.64. The van der Waals surface area contributed by atoms with Gasteiger partial charge in [-0.2, -0.15) is 0 Å². The van der Waals surface area contributed by atoms with E-state index >= 15 is 0 Å². The minimum absolute atomic E-state index is 0.238. The van der Waals surface area contributed by atoms with Crippen molar-refractivity contribution in [3.63, 3.8) is 0 Å². The van der Waals surface area contributed by atoms with Crippen molar-refractivity contribution < 1.29 is 57.0 Å². The zero-order valence-corrected chi connectivity index (χ0v) is 21.7. The van der Waals surface area contributed by atoms with Gasteiger partial charge in [-0.1, -0.05) is 0 Å². The van der Waals surface area contributed by atoms with Crippen LogP contribution in [0.1, 0.15) is 6.42 Å². The lowest BCUT2D eigenvalue weighted by Gasteiger charge is -2.13. The third kappa shape index (κ3) is 19.8. The molecule has 214 valence electrons. The van der Waals surface area contributed by atoms with Crippen molar-refractivity contribution in [1.82, 2.24) is 4.90 Å². The van der Waals surface area contributed by atoms with Gasteiger partial charge in [0.1, 0.15) is 0 Å². The molecule has 2 amide bonds. The summed E-state index contributed by atoms with van der Waals surface area (Å²) in [5.41, 5.74) is 0. The standard InChI is InChI=1S/C24H41NO12/c1-29-24(28)4-6-30-8-10-32-12-14-34-16-18-36-20-21-37-19-17-35-15-13-33-11-9-31-7-5-25-22(26)2-3-23(25)27/h2-3H,4-21H2,1H3. The van der Waals surface area contributed by atoms with Gasteiger partial charge >= 0.3 is 5.97 Å². The van der Waals surface area contributed by atoms with E-state index < -0.39 is 0 Å². The number of amides is 2. The minimum Gasteiger partial charge on any atom is -0.469 e. The van der Waals surface area contributed by atoms with E-state index in [1.165, 1.54) is 19.3 Å². The lowest BCUT2D eigenvalue weighted by Crippen LogP contribution is -2.33. The quantitative estimate of drug-likeness (QED) is 0.0769. The molecule has 0 aliphatic carbocycles. The first kappa shape index (κ1) is 33.1. The molecule has 0 fully saturated rings. The van der Waals surface area contributed by atoms with E-state index in [9.17, 15) is 14.4 Å². The van der Waals surface area contributed by atoms with Crippen LogP contribution < -0.4 is 0 Å². The number of methoxy groups -OCH3 is 1. The first-order valence-electron chi connectivity index (χ1n) is 12.4. The first-order valence-corrected chi connectivity index (χ1v) is 12.4. The average molecular weight is 536 g/mol. The zero-order chi connectivity index (χ0) is 26.8. The van der Waals surface area contributed by atoms with Crippen LogP contribution in [0.5, 0.6) is 0 Å². The van der Waals surface area contributed by atoms with Crippen LogP contribution in [-0.2, 0) is 57.0 Å². The second kappa shape index (κ2) is 24.4. The fourth-order valence-electron chi connectivity index (χ4n) is 2.71. The van der Waals surface area contributed by atoms with E-state index in [2.05, 4.69) is 4.74 Å². The number of ether oxygens (including phenoxy) is 9. The second-order valence-electron chi connectivity index (χ2n) is 7.39. The summed E-state index contributed by atoms with van der Waals surface area (Å²) in [5.74, 6) is -0.909. The Morgan fingerprint density at radius 1 is 0.541 bits per heavy atom. The van der Waals surface area contributed by atoms with Gasteiger partial charge in [-0.25, -0.2) is 0 Å². The Hall–Kier alpha value is -1.97. The summed E-state index contributed by atoms with van der Waals surface area (Å²) in [6.07, 6.45) is 2.74. The van der Waals surface area contributed by atoms with Crippen LogP contribution in [0.25, 0.3) is 0 Å². The molecule has 1 aliphatic heterocycles. The number of hydrogen-bond acceptors (Lipinski definition) is 12. The zero-order valence-electron chi connectivity index (χ0n) is 21.7. The normalized spacial score (nSPS) is 13.2. The Balaban J connectivity index is 1.66. The smallest absolute Gasteiger partial charge is 0.307 e. The van der Waals surface area contributed by atoms with Gasteiger partial charge in [0.15, 0.2) is 0 Å². The summed E-state index contributed by atoms with van der Waals surface area (Å²) in [4.78, 5) is 34.7. The van der Waals surface area contributed by atoms with Gasteiger partial charge in [0, 0.05) is 12.2 Å². The number of hydrogen-bond donors (Lipinski definition) is 0. The number of rotatable bonds is 27. The Morgan fingerprint density at radius 3 is 1.16 bits per heavy atom. The molecule has 37 heavy (non-hydrogen) atoms. The molecule has 0 bridgehead atoms. The number of imide groups is 1. The predicted molar refractivity (Wildman–Crippen MR) is 129 cm³/mol. The van der Waals surface area contributed by atoms with Crippen LogP contribution in [0.15, 0.2) is 12.2 Å². The number of esters is 1. The highest BCUT2D eigenvalue weighted by Crippen LogP contribution is 2.02. The molecule has 0 aromatic rings. The molecule has 0 saturated carbocycles. The Morgan fingerprint density at radius 2 is 0.838 bits per heavy atom. The Labute approximate surface area is 218 Å². The maximum absolute atomic E-state index is 11.4. The van der Waals surface area contributed by atoms with Crippen LogP contribution in [-0.4, -0.2) is 142 Å². The van der Waals surface area contributed by atoms with Crippen LogP contribution in [0.4, 0.5) is 0 Å². The van der Waals surface area contributed by atoms with Crippen molar-refractivity contribution in [2.75, 3.05) is 119 Å². The predicted octanol–water partition coefficient (Wildman–Crippen LogP) is -0.393. The fourth-order valence-corrected chi connectivity index (χ4v) is 2.71. The van der Waals surface area contributed by atoms with E-state index in [1.807, 2.05) is 0 Å². The third-order valence-corrected chi connectivity index (χ3v) is 4.64. The van der Waals surface area contributed by atoms with Gasteiger partial charge in [0.05, 0.1) is 126 Å². The molecule has 1 rings (SSSR count). The van der Waals surface area contributed by atoms with Crippen molar-refractivity contribution in [2.24, 2.45) is 0 Å². The highest BCUT2D eigenvalue weighted by Gasteiger charge is 2.22. The molecule has 0 aromatic heterocycles. The van der Waals surface area contributed by atoms with Crippen LogP contribution >= 0.6 is 0 Å². The van der Waals surface area contributed by atoms with E-state index in [-0.39, 0.29) is 37.4 Å². The molecule has 13 heteroatoms.